The monoisotopic (exact) mass is 324 g/mol. The van der Waals surface area contributed by atoms with E-state index in [0.717, 1.165) is 18.0 Å². The molecular formula is C18H20N4O2. The van der Waals surface area contributed by atoms with Gasteiger partial charge in [0, 0.05) is 6.54 Å². The van der Waals surface area contributed by atoms with E-state index in [0.29, 0.717) is 19.7 Å². The van der Waals surface area contributed by atoms with E-state index < -0.39 is 0 Å². The molecule has 24 heavy (non-hydrogen) atoms. The lowest BCUT2D eigenvalue weighted by molar-refractivity contribution is 0.0223. The van der Waals surface area contributed by atoms with Crippen LogP contribution in [-0.2, 0) is 17.8 Å². The highest BCUT2D eigenvalue weighted by Crippen LogP contribution is 2.27. The van der Waals surface area contributed by atoms with Gasteiger partial charge in [0.2, 0.25) is 0 Å². The minimum Gasteiger partial charge on any atom is -0.468 e. The maximum absolute atomic E-state index is 5.85. The van der Waals surface area contributed by atoms with E-state index in [-0.39, 0.29) is 6.23 Å². The number of nitrogens with zero attached hydrogens (tertiary/aromatic N) is 4. The molecule has 1 fully saturated rings. The van der Waals surface area contributed by atoms with Crippen molar-refractivity contribution in [3.05, 3.63) is 71.4 Å². The Morgan fingerprint density at radius 1 is 1.21 bits per heavy atom. The molecule has 1 aliphatic rings. The molecule has 0 bridgehead atoms. The lowest BCUT2D eigenvalue weighted by atomic mass is 10.1. The van der Waals surface area contributed by atoms with Crippen LogP contribution in [0.25, 0.3) is 0 Å². The van der Waals surface area contributed by atoms with Crippen LogP contribution in [0.5, 0.6) is 0 Å². The molecule has 1 saturated heterocycles. The molecule has 3 heterocycles. The number of aryl methyl sites for hydroxylation is 1. The first kappa shape index (κ1) is 15.1. The molecule has 0 aliphatic carbocycles. The molecule has 6 nitrogen and oxygen atoms in total. The fraction of sp³-hybridized carbons (Fsp3) is 0.333. The summed E-state index contributed by atoms with van der Waals surface area (Å²) in [6.07, 6.45) is 3.49. The lowest BCUT2D eigenvalue weighted by Gasteiger charge is -2.19. The topological polar surface area (TPSA) is 56.3 Å². The van der Waals surface area contributed by atoms with Gasteiger partial charge in [-0.1, -0.05) is 35.0 Å². The number of aromatic nitrogens is 3. The highest BCUT2D eigenvalue weighted by molar-refractivity contribution is 5.22. The Morgan fingerprint density at radius 2 is 2.17 bits per heavy atom. The molecule has 6 heteroatoms. The van der Waals surface area contributed by atoms with Gasteiger partial charge < -0.3 is 9.15 Å². The molecular weight excluding hydrogens is 304 g/mol. The van der Waals surface area contributed by atoms with Crippen molar-refractivity contribution in [2.24, 2.45) is 0 Å². The van der Waals surface area contributed by atoms with E-state index in [2.05, 4.69) is 46.4 Å². The Hall–Kier alpha value is -2.44. The van der Waals surface area contributed by atoms with Gasteiger partial charge in [0.25, 0.3) is 0 Å². The Labute approximate surface area is 140 Å². The van der Waals surface area contributed by atoms with E-state index in [1.165, 1.54) is 11.1 Å². The van der Waals surface area contributed by atoms with Crippen molar-refractivity contribution in [2.75, 3.05) is 13.2 Å². The standard InChI is InChI=1S/C18H20N4O2/c1-14-4-2-5-15(10-14)11-22-13-17(19-20-22)18-21(7-9-24-18)12-16-6-3-8-23-16/h2-6,8,10,13,18H,7,9,11-12H2,1H3/t18-/m1/s1. The number of rotatable bonds is 5. The summed E-state index contributed by atoms with van der Waals surface area (Å²) < 4.78 is 13.1. The van der Waals surface area contributed by atoms with Crippen LogP contribution in [0, 0.1) is 6.92 Å². The zero-order chi connectivity index (χ0) is 16.4. The van der Waals surface area contributed by atoms with Gasteiger partial charge in [-0.2, -0.15) is 0 Å². The number of hydrogen-bond acceptors (Lipinski definition) is 5. The van der Waals surface area contributed by atoms with Gasteiger partial charge in [0.15, 0.2) is 6.23 Å². The van der Waals surface area contributed by atoms with Crippen LogP contribution in [-0.4, -0.2) is 33.0 Å². The number of benzene rings is 1. The number of furan rings is 1. The van der Waals surface area contributed by atoms with E-state index in [4.69, 9.17) is 9.15 Å². The van der Waals surface area contributed by atoms with E-state index in [9.17, 15) is 0 Å². The van der Waals surface area contributed by atoms with Crippen molar-refractivity contribution in [1.82, 2.24) is 19.9 Å². The maximum atomic E-state index is 5.85. The molecule has 1 atom stereocenters. The Kier molecular flexibility index (Phi) is 4.15. The Balaban J connectivity index is 1.47. The van der Waals surface area contributed by atoms with Gasteiger partial charge >= 0.3 is 0 Å². The smallest absolute Gasteiger partial charge is 0.157 e. The van der Waals surface area contributed by atoms with Gasteiger partial charge in [0.05, 0.1) is 32.2 Å². The summed E-state index contributed by atoms with van der Waals surface area (Å²) in [5, 5.41) is 8.57. The zero-order valence-corrected chi connectivity index (χ0v) is 13.6. The van der Waals surface area contributed by atoms with Gasteiger partial charge in [-0.25, -0.2) is 4.68 Å². The Morgan fingerprint density at radius 3 is 3.00 bits per heavy atom. The molecule has 0 spiro atoms. The van der Waals surface area contributed by atoms with Crippen LogP contribution in [0.15, 0.2) is 53.3 Å². The molecule has 124 valence electrons. The van der Waals surface area contributed by atoms with E-state index >= 15 is 0 Å². The predicted molar refractivity (Wildman–Crippen MR) is 88.1 cm³/mol. The summed E-state index contributed by atoms with van der Waals surface area (Å²) in [6, 6.07) is 12.3. The van der Waals surface area contributed by atoms with Gasteiger partial charge in [-0.3, -0.25) is 4.90 Å². The van der Waals surface area contributed by atoms with E-state index in [1.807, 2.05) is 23.0 Å². The first-order valence-electron chi connectivity index (χ1n) is 8.11. The fourth-order valence-electron chi connectivity index (χ4n) is 3.04. The molecule has 4 rings (SSSR count). The largest absolute Gasteiger partial charge is 0.468 e. The highest BCUT2D eigenvalue weighted by Gasteiger charge is 2.29. The number of ether oxygens (including phenoxy) is 1. The van der Waals surface area contributed by atoms with Crippen LogP contribution in [0.4, 0.5) is 0 Å². The SMILES string of the molecule is Cc1cccc(Cn2cc([C@H]3OCCN3Cc3ccco3)nn2)c1. The van der Waals surface area contributed by atoms with Crippen molar-refractivity contribution < 1.29 is 9.15 Å². The molecule has 0 unspecified atom stereocenters. The van der Waals surface area contributed by atoms with Crippen LogP contribution in [0.3, 0.4) is 0 Å². The van der Waals surface area contributed by atoms with Gasteiger partial charge in [-0.15, -0.1) is 5.10 Å². The second-order valence-electron chi connectivity index (χ2n) is 6.10. The van der Waals surface area contributed by atoms with Crippen LogP contribution in [0.1, 0.15) is 28.8 Å². The lowest BCUT2D eigenvalue weighted by Crippen LogP contribution is -2.23. The quantitative estimate of drug-likeness (QED) is 0.722. The second kappa shape index (κ2) is 6.59. The third-order valence-electron chi connectivity index (χ3n) is 4.16. The molecule has 1 aromatic carbocycles. The van der Waals surface area contributed by atoms with Crippen LogP contribution >= 0.6 is 0 Å². The molecule has 0 radical (unpaired) electrons. The average Bonchev–Trinajstić information content (AvgIpc) is 3.29. The summed E-state index contributed by atoms with van der Waals surface area (Å²) in [7, 11) is 0. The summed E-state index contributed by atoms with van der Waals surface area (Å²) in [5.74, 6) is 0.928. The molecule has 0 saturated carbocycles. The molecule has 3 aromatic rings. The first-order chi connectivity index (χ1) is 11.8. The van der Waals surface area contributed by atoms with Crippen molar-refractivity contribution in [1.29, 1.82) is 0 Å². The maximum Gasteiger partial charge on any atom is 0.157 e. The van der Waals surface area contributed by atoms with Gasteiger partial charge in [-0.05, 0) is 24.6 Å². The minimum absolute atomic E-state index is 0.165. The number of hydrogen-bond donors (Lipinski definition) is 0. The van der Waals surface area contributed by atoms with Crippen molar-refractivity contribution in [3.8, 4) is 0 Å². The summed E-state index contributed by atoms with van der Waals surface area (Å²) in [4.78, 5) is 2.21. The molecule has 2 aromatic heterocycles. The van der Waals surface area contributed by atoms with E-state index in [1.54, 1.807) is 6.26 Å². The van der Waals surface area contributed by atoms with Crippen LogP contribution < -0.4 is 0 Å². The third kappa shape index (κ3) is 3.25. The fourth-order valence-corrected chi connectivity index (χ4v) is 3.04. The predicted octanol–water partition coefficient (Wildman–Crippen LogP) is 2.76. The Bertz CT molecular complexity index is 797. The average molecular weight is 324 g/mol. The first-order valence-corrected chi connectivity index (χ1v) is 8.11. The molecule has 1 aliphatic heterocycles. The minimum atomic E-state index is -0.165. The summed E-state index contributed by atoms with van der Waals surface area (Å²) in [6.45, 7) is 5.06. The van der Waals surface area contributed by atoms with Gasteiger partial charge in [0.1, 0.15) is 11.5 Å². The van der Waals surface area contributed by atoms with Crippen molar-refractivity contribution in [3.63, 3.8) is 0 Å². The second-order valence-corrected chi connectivity index (χ2v) is 6.10. The van der Waals surface area contributed by atoms with Crippen molar-refractivity contribution in [2.45, 2.75) is 26.2 Å². The summed E-state index contributed by atoms with van der Waals surface area (Å²) in [5.41, 5.74) is 3.30. The molecule has 0 amide bonds. The third-order valence-corrected chi connectivity index (χ3v) is 4.16. The highest BCUT2D eigenvalue weighted by atomic mass is 16.5. The van der Waals surface area contributed by atoms with Crippen LogP contribution in [0.2, 0.25) is 0 Å². The summed E-state index contributed by atoms with van der Waals surface area (Å²) >= 11 is 0. The normalized spacial score (nSPS) is 18.3. The molecule has 0 N–H and O–H groups in total. The van der Waals surface area contributed by atoms with Crippen molar-refractivity contribution >= 4 is 0 Å². The zero-order valence-electron chi connectivity index (χ0n) is 13.6.